The molecule has 0 aliphatic carbocycles. The Hall–Kier alpha value is -2.41. The van der Waals surface area contributed by atoms with E-state index in [4.69, 9.17) is 26.6 Å². The van der Waals surface area contributed by atoms with Crippen LogP contribution in [-0.4, -0.2) is 58.0 Å². The van der Waals surface area contributed by atoms with E-state index in [9.17, 15) is 18.0 Å². The van der Waals surface area contributed by atoms with Gasteiger partial charge in [0.05, 0.1) is 16.3 Å². The van der Waals surface area contributed by atoms with Crippen LogP contribution >= 0.6 is 24.0 Å². The number of carbonyl (C=O) groups is 2. The molecule has 0 radical (unpaired) electrons. The third kappa shape index (κ3) is 5.85. The smallest absolute Gasteiger partial charge is 0.323 e. The van der Waals surface area contributed by atoms with Gasteiger partial charge in [0.15, 0.2) is 11.6 Å². The number of hydrogen-bond acceptors (Lipinski definition) is 8. The Kier molecular flexibility index (Phi) is 7.04. The van der Waals surface area contributed by atoms with Gasteiger partial charge < -0.3 is 14.7 Å². The average Bonchev–Trinajstić information content (AvgIpc) is 3.16. The number of thiocarbonyl (C=S) groups is 1. The molecule has 3 rings (SSSR count). The van der Waals surface area contributed by atoms with Crippen LogP contribution < -0.4 is 9.64 Å². The summed E-state index contributed by atoms with van der Waals surface area (Å²) in [5, 5.41) is 8.91. The second-order valence-corrected chi connectivity index (χ2v) is 10.2. The first-order valence-electron chi connectivity index (χ1n) is 9.22. The lowest BCUT2D eigenvalue weighted by molar-refractivity contribution is -0.140. The van der Waals surface area contributed by atoms with Crippen molar-refractivity contribution < 1.29 is 32.4 Å². The average molecular weight is 485 g/mol. The van der Waals surface area contributed by atoms with Crippen LogP contribution in [0.2, 0.25) is 0 Å². The molecule has 1 amide bonds. The molecule has 1 atom stereocenters. The molecule has 12 heteroatoms. The third-order valence-corrected chi connectivity index (χ3v) is 6.57. The lowest BCUT2D eigenvalue weighted by Gasteiger charge is -2.18. The second kappa shape index (κ2) is 9.39. The molecule has 9 nitrogen and oxygen atoms in total. The number of fused-ring (bicyclic) bond motifs is 1. The Labute approximate surface area is 189 Å². The van der Waals surface area contributed by atoms with Crippen LogP contribution in [0.4, 0.5) is 5.69 Å². The SMILES string of the molecule is CC(/C=C1/SC(=S)N(CC(=O)O)C1=O)CC=C1Oc2ccccc2N1CCS(=O)(=O)O. The summed E-state index contributed by atoms with van der Waals surface area (Å²) in [6.45, 7) is 1.42. The fourth-order valence-electron chi connectivity index (χ4n) is 3.04. The van der Waals surface area contributed by atoms with Crippen molar-refractivity contribution >= 4 is 56.0 Å². The molecule has 31 heavy (non-hydrogen) atoms. The van der Waals surface area contributed by atoms with Crippen LogP contribution in [-0.2, 0) is 19.7 Å². The molecule has 1 aromatic rings. The molecule has 0 bridgehead atoms. The number of para-hydroxylation sites is 2. The Morgan fingerprint density at radius 3 is 2.71 bits per heavy atom. The number of rotatable bonds is 8. The predicted molar refractivity (Wildman–Crippen MR) is 120 cm³/mol. The van der Waals surface area contributed by atoms with Crippen molar-refractivity contribution in [2.45, 2.75) is 13.3 Å². The van der Waals surface area contributed by atoms with Crippen molar-refractivity contribution in [3.63, 3.8) is 0 Å². The highest BCUT2D eigenvalue weighted by molar-refractivity contribution is 8.26. The number of nitrogens with zero attached hydrogens (tertiary/aromatic N) is 2. The Bertz CT molecular complexity index is 1080. The number of allylic oxidation sites excluding steroid dienone is 2. The van der Waals surface area contributed by atoms with Crippen LogP contribution in [0.3, 0.4) is 0 Å². The minimum absolute atomic E-state index is 0.0178. The van der Waals surface area contributed by atoms with Crippen LogP contribution in [0.15, 0.2) is 47.2 Å². The zero-order valence-corrected chi connectivity index (χ0v) is 18.9. The number of hydrogen-bond donors (Lipinski definition) is 2. The zero-order chi connectivity index (χ0) is 22.8. The number of anilines is 1. The minimum atomic E-state index is -4.14. The van der Waals surface area contributed by atoms with Crippen LogP contribution in [0.25, 0.3) is 0 Å². The molecule has 2 aliphatic heterocycles. The number of carboxylic acids is 1. The van der Waals surface area contributed by atoms with Gasteiger partial charge in [-0.3, -0.25) is 19.0 Å². The van der Waals surface area contributed by atoms with Gasteiger partial charge in [-0.2, -0.15) is 8.42 Å². The molecule has 1 saturated heterocycles. The number of aliphatic carboxylic acids is 1. The summed E-state index contributed by atoms with van der Waals surface area (Å²) < 4.78 is 37.5. The summed E-state index contributed by atoms with van der Waals surface area (Å²) in [6.07, 6.45) is 3.97. The summed E-state index contributed by atoms with van der Waals surface area (Å²) in [6, 6.07) is 7.14. The number of amides is 1. The van der Waals surface area contributed by atoms with Crippen molar-refractivity contribution in [2.24, 2.45) is 5.92 Å². The standard InChI is InChI=1S/C19H20N2O7S3/c1-12(10-15-18(24)21(11-17(22)23)19(29)30-15)6-7-16-20(8-9-31(25,26)27)13-4-2-3-5-14(13)28-16/h2-5,7,10,12H,6,8-9,11H2,1H3,(H,22,23)(H,25,26,27)/b15-10+,16-7?. The maximum atomic E-state index is 12.4. The van der Waals surface area contributed by atoms with Crippen LogP contribution in [0, 0.1) is 5.92 Å². The highest BCUT2D eigenvalue weighted by Crippen LogP contribution is 2.39. The van der Waals surface area contributed by atoms with Crippen LogP contribution in [0.5, 0.6) is 5.75 Å². The topological polar surface area (TPSA) is 124 Å². The summed E-state index contributed by atoms with van der Waals surface area (Å²) in [4.78, 5) is 26.4. The van der Waals surface area contributed by atoms with E-state index >= 15 is 0 Å². The van der Waals surface area contributed by atoms with E-state index < -0.39 is 34.3 Å². The zero-order valence-electron chi connectivity index (χ0n) is 16.4. The third-order valence-electron chi connectivity index (χ3n) is 4.48. The summed E-state index contributed by atoms with van der Waals surface area (Å²) in [7, 11) is -4.14. The van der Waals surface area contributed by atoms with Crippen molar-refractivity contribution in [2.75, 3.05) is 23.7 Å². The van der Waals surface area contributed by atoms with E-state index in [2.05, 4.69) is 0 Å². The normalized spacial score (nSPS) is 19.8. The number of carboxylic acid groups (broad SMARTS) is 1. The summed E-state index contributed by atoms with van der Waals surface area (Å²) in [5.41, 5.74) is 0.694. The fraction of sp³-hybridized carbons (Fsp3) is 0.316. The maximum absolute atomic E-state index is 12.4. The maximum Gasteiger partial charge on any atom is 0.323 e. The molecule has 0 saturated carbocycles. The van der Waals surface area contributed by atoms with Gasteiger partial charge in [0.25, 0.3) is 16.0 Å². The van der Waals surface area contributed by atoms with Gasteiger partial charge >= 0.3 is 5.97 Å². The molecule has 2 heterocycles. The van der Waals surface area contributed by atoms with Gasteiger partial charge in [-0.15, -0.1) is 0 Å². The number of benzene rings is 1. The van der Waals surface area contributed by atoms with E-state index in [1.54, 1.807) is 41.3 Å². The molecule has 0 spiro atoms. The molecule has 2 N–H and O–H groups in total. The first-order valence-corrected chi connectivity index (χ1v) is 12.1. The summed E-state index contributed by atoms with van der Waals surface area (Å²) >= 11 is 6.15. The fourth-order valence-corrected chi connectivity index (χ4v) is 4.81. The Morgan fingerprint density at radius 2 is 2.03 bits per heavy atom. The van der Waals surface area contributed by atoms with E-state index in [-0.39, 0.29) is 16.8 Å². The Morgan fingerprint density at radius 1 is 1.32 bits per heavy atom. The van der Waals surface area contributed by atoms with Gasteiger partial charge in [0.2, 0.25) is 0 Å². The van der Waals surface area contributed by atoms with Crippen LogP contribution in [0.1, 0.15) is 13.3 Å². The first-order chi connectivity index (χ1) is 14.5. The van der Waals surface area contributed by atoms with Gasteiger partial charge in [-0.1, -0.05) is 49.1 Å². The quantitative estimate of drug-likeness (QED) is 0.323. The lowest BCUT2D eigenvalue weighted by atomic mass is 10.1. The highest BCUT2D eigenvalue weighted by Gasteiger charge is 2.33. The number of ether oxygens (including phenoxy) is 1. The largest absolute Gasteiger partial charge is 0.480 e. The molecule has 1 fully saturated rings. The molecule has 2 aliphatic rings. The van der Waals surface area contributed by atoms with Crippen molar-refractivity contribution in [1.29, 1.82) is 0 Å². The van der Waals surface area contributed by atoms with Crippen molar-refractivity contribution in [1.82, 2.24) is 4.90 Å². The van der Waals surface area contributed by atoms with E-state index in [1.807, 2.05) is 6.92 Å². The molecule has 166 valence electrons. The van der Waals surface area contributed by atoms with Gasteiger partial charge in [-0.25, -0.2) is 0 Å². The van der Waals surface area contributed by atoms with Gasteiger partial charge in [0, 0.05) is 6.54 Å². The molecule has 1 aromatic carbocycles. The van der Waals surface area contributed by atoms with Crippen molar-refractivity contribution in [3.8, 4) is 5.75 Å². The lowest BCUT2D eigenvalue weighted by Crippen LogP contribution is -2.33. The first kappa shape index (κ1) is 23.3. The monoisotopic (exact) mass is 484 g/mol. The molecular weight excluding hydrogens is 464 g/mol. The number of thioether (sulfide) groups is 1. The van der Waals surface area contributed by atoms with Crippen molar-refractivity contribution in [3.05, 3.63) is 47.2 Å². The minimum Gasteiger partial charge on any atom is -0.480 e. The molecular formula is C19H20N2O7S3. The van der Waals surface area contributed by atoms with Gasteiger partial charge in [0.1, 0.15) is 10.9 Å². The predicted octanol–water partition coefficient (Wildman–Crippen LogP) is 2.47. The van der Waals surface area contributed by atoms with E-state index in [0.29, 0.717) is 28.6 Å². The van der Waals surface area contributed by atoms with E-state index in [1.165, 1.54) is 0 Å². The number of carbonyl (C=O) groups excluding carboxylic acids is 1. The molecule has 0 aromatic heterocycles. The van der Waals surface area contributed by atoms with E-state index in [0.717, 1.165) is 16.7 Å². The summed E-state index contributed by atoms with van der Waals surface area (Å²) in [5.74, 6) is -1.13. The van der Waals surface area contributed by atoms with Gasteiger partial charge in [-0.05, 0) is 30.5 Å². The second-order valence-electron chi connectivity index (χ2n) is 6.95. The highest BCUT2D eigenvalue weighted by atomic mass is 32.2. The molecule has 1 unspecified atom stereocenters. The Balaban J connectivity index is 1.72.